The van der Waals surface area contributed by atoms with E-state index in [1.807, 2.05) is 13.0 Å². The molecule has 4 heterocycles. The van der Waals surface area contributed by atoms with Crippen molar-refractivity contribution in [2.45, 2.75) is 44.1 Å². The highest BCUT2D eigenvalue weighted by Crippen LogP contribution is 2.32. The average Bonchev–Trinajstić information content (AvgIpc) is 3.41. The van der Waals surface area contributed by atoms with Gasteiger partial charge in [0.05, 0.1) is 17.7 Å². The summed E-state index contributed by atoms with van der Waals surface area (Å²) in [6.07, 6.45) is 3.47. The van der Waals surface area contributed by atoms with E-state index in [0.717, 1.165) is 12.8 Å². The summed E-state index contributed by atoms with van der Waals surface area (Å²) in [5.74, 6) is 1.91. The first-order valence-corrected chi connectivity index (χ1v) is 12.3. The van der Waals surface area contributed by atoms with Crippen LogP contribution in [0.25, 0.3) is 11.6 Å². The van der Waals surface area contributed by atoms with Crippen LogP contribution in [-0.4, -0.2) is 58.7 Å². The van der Waals surface area contributed by atoms with E-state index in [4.69, 9.17) is 25.5 Å². The number of nitrogens with zero attached hydrogens (tertiary/aromatic N) is 5. The minimum atomic E-state index is -3.99. The summed E-state index contributed by atoms with van der Waals surface area (Å²) >= 11 is 5.85. The quantitative estimate of drug-likeness (QED) is 0.498. The van der Waals surface area contributed by atoms with Crippen molar-refractivity contribution >= 4 is 27.6 Å². The second-order valence-corrected chi connectivity index (χ2v) is 10.2. The standard InChI is InChI=1S/C20H25ClN6O5S/c1-12-6-7-16(32-12)19-24-25-20(27(19)15-5-4-8-31-11-15)26-33(28,29)13(2)17(30-3)18-22-9-14(21)10-23-18/h6-7,9-10,13,15,17H,4-5,8,11H2,1-3H3,(H,25,26)/t13?,15-,17?/m0/s1. The van der Waals surface area contributed by atoms with Crippen molar-refractivity contribution in [3.8, 4) is 11.6 Å². The molecule has 11 nitrogen and oxygen atoms in total. The summed E-state index contributed by atoms with van der Waals surface area (Å²) < 4.78 is 47.7. The zero-order chi connectivity index (χ0) is 23.6. The Balaban J connectivity index is 1.66. The number of hydrogen-bond donors (Lipinski definition) is 1. The van der Waals surface area contributed by atoms with Crippen molar-refractivity contribution in [1.82, 2.24) is 24.7 Å². The molecule has 0 aromatic carbocycles. The molecule has 0 saturated carbocycles. The number of rotatable bonds is 8. The Labute approximate surface area is 196 Å². The van der Waals surface area contributed by atoms with E-state index in [-0.39, 0.29) is 17.8 Å². The summed E-state index contributed by atoms with van der Waals surface area (Å²) in [6, 6.07) is 3.44. The Hall–Kier alpha value is -2.54. The van der Waals surface area contributed by atoms with E-state index < -0.39 is 21.4 Å². The number of nitrogens with one attached hydrogen (secondary N) is 1. The van der Waals surface area contributed by atoms with Crippen LogP contribution in [0.5, 0.6) is 0 Å². The van der Waals surface area contributed by atoms with Crippen molar-refractivity contribution in [3.63, 3.8) is 0 Å². The first-order chi connectivity index (χ1) is 15.8. The number of sulfonamides is 1. The topological polar surface area (TPSA) is 134 Å². The molecule has 1 fully saturated rings. The van der Waals surface area contributed by atoms with Gasteiger partial charge in [-0.25, -0.2) is 18.4 Å². The molecular weight excluding hydrogens is 472 g/mol. The van der Waals surface area contributed by atoms with Gasteiger partial charge in [0, 0.05) is 26.1 Å². The van der Waals surface area contributed by atoms with Crippen LogP contribution in [0.4, 0.5) is 5.95 Å². The number of aromatic nitrogens is 5. The second-order valence-electron chi connectivity index (χ2n) is 7.77. The Kier molecular flexibility index (Phi) is 6.98. The fourth-order valence-corrected chi connectivity index (χ4v) is 4.95. The van der Waals surface area contributed by atoms with E-state index in [1.165, 1.54) is 26.4 Å². The first kappa shape index (κ1) is 23.6. The monoisotopic (exact) mass is 496 g/mol. The molecule has 2 unspecified atom stereocenters. The summed E-state index contributed by atoms with van der Waals surface area (Å²) in [4.78, 5) is 8.21. The van der Waals surface area contributed by atoms with Crippen LogP contribution in [0.3, 0.4) is 0 Å². The van der Waals surface area contributed by atoms with E-state index in [1.54, 1.807) is 10.6 Å². The maximum Gasteiger partial charge on any atom is 0.240 e. The van der Waals surface area contributed by atoms with E-state index in [2.05, 4.69) is 24.9 Å². The molecule has 0 bridgehead atoms. The SMILES string of the molecule is COC(c1ncc(Cl)cn1)C(C)S(=O)(=O)Nc1nnc(-c2ccc(C)o2)n1[C@H]1CCCOC1. The summed E-state index contributed by atoms with van der Waals surface area (Å²) in [7, 11) is -2.59. The van der Waals surface area contributed by atoms with Gasteiger partial charge in [-0.05, 0) is 38.8 Å². The molecule has 0 spiro atoms. The van der Waals surface area contributed by atoms with E-state index in [0.29, 0.717) is 35.6 Å². The highest BCUT2D eigenvalue weighted by atomic mass is 35.5. The molecular formula is C20H25ClN6O5S. The molecule has 3 atom stereocenters. The number of methoxy groups -OCH3 is 1. The molecule has 33 heavy (non-hydrogen) atoms. The maximum atomic E-state index is 13.3. The Morgan fingerprint density at radius 3 is 2.64 bits per heavy atom. The molecule has 178 valence electrons. The van der Waals surface area contributed by atoms with Crippen molar-refractivity contribution in [3.05, 3.63) is 41.1 Å². The molecule has 1 N–H and O–H groups in total. The minimum absolute atomic E-state index is 0.0771. The van der Waals surface area contributed by atoms with E-state index >= 15 is 0 Å². The molecule has 0 amide bonds. The third-order valence-electron chi connectivity index (χ3n) is 5.46. The summed E-state index contributed by atoms with van der Waals surface area (Å²) in [5.41, 5.74) is 0. The van der Waals surface area contributed by atoms with Crippen LogP contribution >= 0.6 is 11.6 Å². The zero-order valence-corrected chi connectivity index (χ0v) is 20.0. The smallest absolute Gasteiger partial charge is 0.240 e. The lowest BCUT2D eigenvalue weighted by molar-refractivity contribution is 0.0601. The summed E-state index contributed by atoms with van der Waals surface area (Å²) in [6.45, 7) is 4.40. The second kappa shape index (κ2) is 9.75. The Morgan fingerprint density at radius 2 is 2.03 bits per heavy atom. The van der Waals surface area contributed by atoms with Gasteiger partial charge in [0.2, 0.25) is 21.8 Å². The van der Waals surface area contributed by atoms with Gasteiger partial charge in [-0.3, -0.25) is 9.29 Å². The van der Waals surface area contributed by atoms with Gasteiger partial charge in [0.25, 0.3) is 0 Å². The van der Waals surface area contributed by atoms with Crippen molar-refractivity contribution in [1.29, 1.82) is 0 Å². The van der Waals surface area contributed by atoms with Crippen LogP contribution in [0.15, 0.2) is 28.9 Å². The number of halogens is 1. The molecule has 4 rings (SSSR count). The van der Waals surface area contributed by atoms with E-state index in [9.17, 15) is 8.42 Å². The lowest BCUT2D eigenvalue weighted by Crippen LogP contribution is -2.34. The average molecular weight is 497 g/mol. The number of ether oxygens (including phenoxy) is 2. The van der Waals surface area contributed by atoms with Crippen LogP contribution < -0.4 is 4.72 Å². The van der Waals surface area contributed by atoms with Crippen LogP contribution in [0, 0.1) is 6.92 Å². The molecule has 0 aliphatic carbocycles. The van der Waals surface area contributed by atoms with Crippen molar-refractivity contribution < 1.29 is 22.3 Å². The highest BCUT2D eigenvalue weighted by Gasteiger charge is 2.35. The van der Waals surface area contributed by atoms with Gasteiger partial charge < -0.3 is 13.9 Å². The normalized spacial score (nSPS) is 18.7. The molecule has 0 radical (unpaired) electrons. The molecule has 1 aliphatic rings. The predicted octanol–water partition coefficient (Wildman–Crippen LogP) is 3.16. The maximum absolute atomic E-state index is 13.3. The van der Waals surface area contributed by atoms with Crippen LogP contribution in [0.2, 0.25) is 5.02 Å². The lowest BCUT2D eigenvalue weighted by atomic mass is 10.1. The van der Waals surface area contributed by atoms with Gasteiger partial charge in [0.15, 0.2) is 11.6 Å². The van der Waals surface area contributed by atoms with Crippen molar-refractivity contribution in [2.75, 3.05) is 25.0 Å². The fraction of sp³-hybridized carbons (Fsp3) is 0.500. The minimum Gasteiger partial charge on any atom is -0.458 e. The van der Waals surface area contributed by atoms with Gasteiger partial charge >= 0.3 is 0 Å². The van der Waals surface area contributed by atoms with Gasteiger partial charge in [-0.1, -0.05) is 11.6 Å². The molecule has 3 aromatic rings. The third kappa shape index (κ3) is 5.03. The van der Waals surface area contributed by atoms with Crippen molar-refractivity contribution in [2.24, 2.45) is 0 Å². The Morgan fingerprint density at radius 1 is 1.27 bits per heavy atom. The Bertz CT molecular complexity index is 1190. The van der Waals surface area contributed by atoms with Crippen LogP contribution in [0.1, 0.15) is 43.5 Å². The van der Waals surface area contributed by atoms with Gasteiger partial charge in [0.1, 0.15) is 17.1 Å². The number of hydrogen-bond acceptors (Lipinski definition) is 9. The highest BCUT2D eigenvalue weighted by molar-refractivity contribution is 7.93. The van der Waals surface area contributed by atoms with Gasteiger partial charge in [-0.15, -0.1) is 10.2 Å². The number of aryl methyl sites for hydroxylation is 1. The van der Waals surface area contributed by atoms with Gasteiger partial charge in [-0.2, -0.15) is 0 Å². The molecule has 1 saturated heterocycles. The fourth-order valence-electron chi connectivity index (χ4n) is 3.72. The zero-order valence-electron chi connectivity index (χ0n) is 18.4. The molecule has 13 heteroatoms. The largest absolute Gasteiger partial charge is 0.458 e. The first-order valence-electron chi connectivity index (χ1n) is 10.4. The molecule has 1 aliphatic heterocycles. The number of furan rings is 1. The summed E-state index contributed by atoms with van der Waals surface area (Å²) in [5, 5.41) is 7.64. The lowest BCUT2D eigenvalue weighted by Gasteiger charge is -2.26. The number of anilines is 1. The predicted molar refractivity (Wildman–Crippen MR) is 120 cm³/mol. The third-order valence-corrected chi connectivity index (χ3v) is 7.34. The van der Waals surface area contributed by atoms with Crippen LogP contribution in [-0.2, 0) is 19.5 Å². The molecule has 3 aromatic heterocycles.